The van der Waals surface area contributed by atoms with Gasteiger partial charge in [-0.15, -0.1) is 0 Å². The Morgan fingerprint density at radius 3 is 2.36 bits per heavy atom. The summed E-state index contributed by atoms with van der Waals surface area (Å²) < 4.78 is 15.9. The first-order chi connectivity index (χ1) is 13.2. The lowest BCUT2D eigenvalue weighted by Gasteiger charge is -2.16. The first-order valence-electron chi connectivity index (χ1n) is 8.75. The van der Waals surface area contributed by atoms with E-state index in [0.717, 1.165) is 16.7 Å². The van der Waals surface area contributed by atoms with Crippen LogP contribution in [0.4, 0.5) is 5.69 Å². The second-order valence-electron chi connectivity index (χ2n) is 6.48. The number of carbonyl (C=O) groups excluding carboxylic acids is 2. The van der Waals surface area contributed by atoms with E-state index in [1.54, 1.807) is 18.2 Å². The highest BCUT2D eigenvalue weighted by Gasteiger charge is 2.20. The first-order valence-corrected chi connectivity index (χ1v) is 9.13. The summed E-state index contributed by atoms with van der Waals surface area (Å²) in [6.45, 7) is 7.01. The van der Waals surface area contributed by atoms with Crippen molar-refractivity contribution in [2.75, 3.05) is 19.0 Å². The molecule has 0 aromatic heterocycles. The highest BCUT2D eigenvalue weighted by molar-refractivity contribution is 6.31. The van der Waals surface area contributed by atoms with Gasteiger partial charge in [-0.1, -0.05) is 29.3 Å². The Balaban J connectivity index is 1.93. The van der Waals surface area contributed by atoms with Crippen molar-refractivity contribution < 1.29 is 23.8 Å². The van der Waals surface area contributed by atoms with Crippen molar-refractivity contribution >= 4 is 29.2 Å². The quantitative estimate of drug-likeness (QED) is 0.698. The number of anilines is 1. The van der Waals surface area contributed by atoms with Crippen molar-refractivity contribution in [1.82, 2.24) is 0 Å². The summed E-state index contributed by atoms with van der Waals surface area (Å²) in [5.41, 5.74) is 3.38. The third-order valence-electron chi connectivity index (χ3n) is 4.04. The minimum absolute atomic E-state index is 0.289. The van der Waals surface area contributed by atoms with E-state index in [1.165, 1.54) is 14.0 Å². The number of aryl methyl sites for hydroxylation is 3. The van der Waals surface area contributed by atoms with E-state index in [4.69, 9.17) is 25.8 Å². The van der Waals surface area contributed by atoms with Crippen LogP contribution in [0.15, 0.2) is 30.3 Å². The van der Waals surface area contributed by atoms with Crippen molar-refractivity contribution in [3.05, 3.63) is 52.0 Å². The van der Waals surface area contributed by atoms with Crippen LogP contribution in [-0.2, 0) is 14.3 Å². The molecule has 0 heterocycles. The van der Waals surface area contributed by atoms with Crippen molar-refractivity contribution in [2.24, 2.45) is 0 Å². The van der Waals surface area contributed by atoms with E-state index in [9.17, 15) is 9.59 Å². The normalized spacial score (nSPS) is 11.5. The van der Waals surface area contributed by atoms with Gasteiger partial charge in [0.25, 0.3) is 5.91 Å². The molecule has 0 aliphatic heterocycles. The smallest absolute Gasteiger partial charge is 0.344 e. The van der Waals surface area contributed by atoms with Gasteiger partial charge in [-0.05, 0) is 57.0 Å². The molecule has 7 heteroatoms. The second-order valence-corrected chi connectivity index (χ2v) is 6.92. The third-order valence-corrected chi connectivity index (χ3v) is 4.27. The average Bonchev–Trinajstić information content (AvgIpc) is 2.60. The molecule has 0 unspecified atom stereocenters. The molecule has 1 atom stereocenters. The summed E-state index contributed by atoms with van der Waals surface area (Å²) in [5, 5.41) is 3.08. The Hall–Kier alpha value is -2.73. The SMILES string of the molecule is COc1ccc(Cl)cc1NC(=O)[C@H](C)OC(=O)COc1c(C)cc(C)cc1C. The van der Waals surface area contributed by atoms with Gasteiger partial charge in [-0.3, -0.25) is 4.79 Å². The predicted octanol–water partition coefficient (Wildman–Crippen LogP) is 4.22. The molecule has 0 fully saturated rings. The van der Waals surface area contributed by atoms with Crippen LogP contribution in [0, 0.1) is 20.8 Å². The summed E-state index contributed by atoms with van der Waals surface area (Å²) >= 11 is 5.95. The Morgan fingerprint density at radius 1 is 1.11 bits per heavy atom. The van der Waals surface area contributed by atoms with Gasteiger partial charge in [0.15, 0.2) is 12.7 Å². The van der Waals surface area contributed by atoms with Crippen LogP contribution in [0.1, 0.15) is 23.6 Å². The lowest BCUT2D eigenvalue weighted by Crippen LogP contribution is -2.31. The largest absolute Gasteiger partial charge is 0.495 e. The fourth-order valence-electron chi connectivity index (χ4n) is 2.82. The molecule has 0 saturated heterocycles. The van der Waals surface area contributed by atoms with Gasteiger partial charge in [-0.2, -0.15) is 0 Å². The number of halogens is 1. The zero-order chi connectivity index (χ0) is 20.8. The Labute approximate surface area is 169 Å². The number of methoxy groups -OCH3 is 1. The van der Waals surface area contributed by atoms with E-state index in [1.807, 2.05) is 32.9 Å². The van der Waals surface area contributed by atoms with Gasteiger partial charge in [0, 0.05) is 5.02 Å². The summed E-state index contributed by atoms with van der Waals surface area (Å²) in [5.74, 6) is -0.0510. The average molecular weight is 406 g/mol. The molecule has 28 heavy (non-hydrogen) atoms. The van der Waals surface area contributed by atoms with E-state index >= 15 is 0 Å². The monoisotopic (exact) mass is 405 g/mol. The zero-order valence-corrected chi connectivity index (χ0v) is 17.3. The number of amides is 1. The topological polar surface area (TPSA) is 73.9 Å². The maximum atomic E-state index is 12.3. The van der Waals surface area contributed by atoms with Crippen molar-refractivity contribution in [3.63, 3.8) is 0 Å². The molecule has 150 valence electrons. The molecule has 0 spiro atoms. The number of carbonyl (C=O) groups is 2. The van der Waals surface area contributed by atoms with Crippen molar-refractivity contribution in [1.29, 1.82) is 0 Å². The second kappa shape index (κ2) is 9.46. The van der Waals surface area contributed by atoms with Crippen LogP contribution in [-0.4, -0.2) is 31.7 Å². The Kier molecular flexibility index (Phi) is 7.29. The van der Waals surface area contributed by atoms with Gasteiger partial charge < -0.3 is 19.5 Å². The van der Waals surface area contributed by atoms with Gasteiger partial charge in [0.1, 0.15) is 11.5 Å². The maximum absolute atomic E-state index is 12.3. The van der Waals surface area contributed by atoms with Crippen LogP contribution in [0.3, 0.4) is 0 Å². The molecule has 2 aromatic rings. The minimum Gasteiger partial charge on any atom is -0.495 e. The van der Waals surface area contributed by atoms with Crippen LogP contribution < -0.4 is 14.8 Å². The van der Waals surface area contributed by atoms with Crippen LogP contribution in [0.25, 0.3) is 0 Å². The van der Waals surface area contributed by atoms with Gasteiger partial charge in [0.2, 0.25) is 0 Å². The highest BCUT2D eigenvalue weighted by Crippen LogP contribution is 2.28. The molecule has 2 rings (SSSR count). The van der Waals surface area contributed by atoms with Gasteiger partial charge in [0.05, 0.1) is 12.8 Å². The molecule has 0 radical (unpaired) electrons. The standard InChI is InChI=1S/C21H24ClNO5/c1-12-8-13(2)20(14(3)9-12)27-11-19(24)28-15(4)21(25)23-17-10-16(22)6-7-18(17)26-5/h6-10,15H,11H2,1-5H3,(H,23,25)/t15-/m0/s1. The van der Waals surface area contributed by atoms with Crippen LogP contribution in [0.5, 0.6) is 11.5 Å². The summed E-state index contributed by atoms with van der Waals surface area (Å²) in [6.07, 6.45) is -1.01. The molecule has 0 aliphatic rings. The molecular formula is C21H24ClNO5. The molecular weight excluding hydrogens is 382 g/mol. The van der Waals surface area contributed by atoms with E-state index in [2.05, 4.69) is 5.32 Å². The zero-order valence-electron chi connectivity index (χ0n) is 16.6. The number of nitrogens with one attached hydrogen (secondary N) is 1. The molecule has 2 aromatic carbocycles. The summed E-state index contributed by atoms with van der Waals surface area (Å²) in [4.78, 5) is 24.4. The molecule has 6 nitrogen and oxygen atoms in total. The summed E-state index contributed by atoms with van der Waals surface area (Å²) in [7, 11) is 1.48. The van der Waals surface area contributed by atoms with Crippen molar-refractivity contribution in [3.8, 4) is 11.5 Å². The minimum atomic E-state index is -1.01. The molecule has 0 saturated carbocycles. The van der Waals surface area contributed by atoms with Gasteiger partial charge in [-0.25, -0.2) is 4.79 Å². The third kappa shape index (κ3) is 5.63. The van der Waals surface area contributed by atoms with Crippen LogP contribution >= 0.6 is 11.6 Å². The number of rotatable bonds is 7. The molecule has 0 bridgehead atoms. The van der Waals surface area contributed by atoms with E-state index in [-0.39, 0.29) is 6.61 Å². The lowest BCUT2D eigenvalue weighted by atomic mass is 10.1. The fraction of sp³-hybridized carbons (Fsp3) is 0.333. The maximum Gasteiger partial charge on any atom is 0.344 e. The van der Waals surface area contributed by atoms with E-state index in [0.29, 0.717) is 22.2 Å². The number of esters is 1. The molecule has 0 aliphatic carbocycles. The predicted molar refractivity (Wildman–Crippen MR) is 108 cm³/mol. The first kappa shape index (κ1) is 21.6. The number of hydrogen-bond acceptors (Lipinski definition) is 5. The Morgan fingerprint density at radius 2 is 1.75 bits per heavy atom. The molecule has 1 N–H and O–H groups in total. The van der Waals surface area contributed by atoms with Crippen LogP contribution in [0.2, 0.25) is 5.02 Å². The van der Waals surface area contributed by atoms with E-state index < -0.39 is 18.0 Å². The van der Waals surface area contributed by atoms with Crippen molar-refractivity contribution in [2.45, 2.75) is 33.8 Å². The number of ether oxygens (including phenoxy) is 3. The highest BCUT2D eigenvalue weighted by atomic mass is 35.5. The molecule has 1 amide bonds. The number of benzene rings is 2. The number of hydrogen-bond donors (Lipinski definition) is 1. The van der Waals surface area contributed by atoms with Gasteiger partial charge >= 0.3 is 5.97 Å². The fourth-order valence-corrected chi connectivity index (χ4v) is 2.99. The summed E-state index contributed by atoms with van der Waals surface area (Å²) in [6, 6.07) is 8.78. The Bertz CT molecular complexity index is 858. The lowest BCUT2D eigenvalue weighted by molar-refractivity contribution is -0.155.